The Balaban J connectivity index is 1.91. The number of methoxy groups -OCH3 is 1. The SMILES string of the molecule is COc1cc(C)nc(NC(=O)c2c[nH]c3ccccc23)n1. The molecule has 0 saturated heterocycles. The van der Waals surface area contributed by atoms with Crippen molar-refractivity contribution in [2.45, 2.75) is 6.92 Å². The Labute approximate surface area is 121 Å². The number of fused-ring (bicyclic) bond motifs is 1. The highest BCUT2D eigenvalue weighted by atomic mass is 16.5. The topological polar surface area (TPSA) is 79.9 Å². The second-order valence-corrected chi connectivity index (χ2v) is 4.58. The van der Waals surface area contributed by atoms with Gasteiger partial charge in [-0.2, -0.15) is 4.98 Å². The number of hydrogen-bond donors (Lipinski definition) is 2. The molecule has 0 fully saturated rings. The van der Waals surface area contributed by atoms with Gasteiger partial charge in [-0.05, 0) is 13.0 Å². The molecule has 2 N–H and O–H groups in total. The highest BCUT2D eigenvalue weighted by molar-refractivity contribution is 6.12. The molecule has 0 saturated carbocycles. The van der Waals surface area contributed by atoms with Crippen LogP contribution in [0.3, 0.4) is 0 Å². The van der Waals surface area contributed by atoms with Gasteiger partial charge in [0.2, 0.25) is 11.8 Å². The first-order chi connectivity index (χ1) is 10.2. The molecule has 0 spiro atoms. The number of rotatable bonds is 3. The van der Waals surface area contributed by atoms with Crippen LogP contribution in [-0.2, 0) is 0 Å². The van der Waals surface area contributed by atoms with Crippen molar-refractivity contribution in [3.05, 3.63) is 47.8 Å². The van der Waals surface area contributed by atoms with Crippen LogP contribution in [0.15, 0.2) is 36.5 Å². The lowest BCUT2D eigenvalue weighted by Gasteiger charge is -2.06. The molecule has 0 aliphatic heterocycles. The quantitative estimate of drug-likeness (QED) is 0.773. The molecule has 0 aliphatic rings. The Morgan fingerprint density at radius 3 is 2.90 bits per heavy atom. The summed E-state index contributed by atoms with van der Waals surface area (Å²) in [5, 5.41) is 3.55. The van der Waals surface area contributed by atoms with E-state index in [2.05, 4.69) is 20.3 Å². The summed E-state index contributed by atoms with van der Waals surface area (Å²) >= 11 is 0. The number of carbonyl (C=O) groups excluding carboxylic acids is 1. The predicted molar refractivity (Wildman–Crippen MR) is 79.6 cm³/mol. The van der Waals surface area contributed by atoms with Gasteiger partial charge >= 0.3 is 0 Å². The number of ether oxygens (including phenoxy) is 1. The molecule has 1 aromatic carbocycles. The maximum Gasteiger partial charge on any atom is 0.260 e. The van der Waals surface area contributed by atoms with Crippen LogP contribution in [0.1, 0.15) is 16.1 Å². The molecule has 0 unspecified atom stereocenters. The van der Waals surface area contributed by atoms with E-state index in [0.717, 1.165) is 16.6 Å². The third kappa shape index (κ3) is 2.55. The molecule has 21 heavy (non-hydrogen) atoms. The third-order valence-corrected chi connectivity index (χ3v) is 3.10. The lowest BCUT2D eigenvalue weighted by molar-refractivity contribution is 0.102. The Hall–Kier alpha value is -2.89. The molecule has 6 heteroatoms. The average molecular weight is 282 g/mol. The van der Waals surface area contributed by atoms with Gasteiger partial charge < -0.3 is 9.72 Å². The monoisotopic (exact) mass is 282 g/mol. The number of aryl methyl sites for hydroxylation is 1. The minimum Gasteiger partial charge on any atom is -0.481 e. The summed E-state index contributed by atoms with van der Waals surface area (Å²) in [5.41, 5.74) is 2.18. The predicted octanol–water partition coefficient (Wildman–Crippen LogP) is 2.53. The lowest BCUT2D eigenvalue weighted by atomic mass is 10.1. The molecular formula is C15H14N4O2. The Morgan fingerprint density at radius 2 is 2.10 bits per heavy atom. The molecule has 0 radical (unpaired) electrons. The fourth-order valence-corrected chi connectivity index (χ4v) is 2.13. The number of nitrogens with one attached hydrogen (secondary N) is 2. The van der Waals surface area contributed by atoms with Crippen LogP contribution in [0.4, 0.5) is 5.95 Å². The molecule has 0 bridgehead atoms. The average Bonchev–Trinajstić information content (AvgIpc) is 2.90. The van der Waals surface area contributed by atoms with Crippen LogP contribution in [0.2, 0.25) is 0 Å². The molecule has 2 heterocycles. The van der Waals surface area contributed by atoms with Crippen molar-refractivity contribution in [3.8, 4) is 5.88 Å². The van der Waals surface area contributed by atoms with Gasteiger partial charge in [0.15, 0.2) is 0 Å². The standard InChI is InChI=1S/C15H14N4O2/c1-9-7-13(21-2)18-15(17-9)19-14(20)11-8-16-12-6-4-3-5-10(11)12/h3-8,16H,1-2H3,(H,17,18,19,20). The maximum atomic E-state index is 12.3. The number of nitrogens with zero attached hydrogens (tertiary/aromatic N) is 2. The van der Waals surface area contributed by atoms with Crippen molar-refractivity contribution in [1.82, 2.24) is 15.0 Å². The number of amides is 1. The lowest BCUT2D eigenvalue weighted by Crippen LogP contribution is -2.14. The van der Waals surface area contributed by atoms with Gasteiger partial charge in [-0.15, -0.1) is 0 Å². The summed E-state index contributed by atoms with van der Waals surface area (Å²) in [7, 11) is 1.52. The number of para-hydroxylation sites is 1. The first kappa shape index (κ1) is 13.1. The number of anilines is 1. The first-order valence-electron chi connectivity index (χ1n) is 6.44. The number of benzene rings is 1. The van der Waals surface area contributed by atoms with Gasteiger partial charge in [0.25, 0.3) is 5.91 Å². The number of aromatic amines is 1. The van der Waals surface area contributed by atoms with E-state index < -0.39 is 0 Å². The zero-order chi connectivity index (χ0) is 14.8. The molecule has 3 rings (SSSR count). The summed E-state index contributed by atoms with van der Waals surface area (Å²) in [6.45, 7) is 1.81. The van der Waals surface area contributed by atoms with Gasteiger partial charge in [-0.3, -0.25) is 10.1 Å². The summed E-state index contributed by atoms with van der Waals surface area (Å²) in [6.07, 6.45) is 1.67. The minimum atomic E-state index is -0.264. The van der Waals surface area contributed by atoms with Gasteiger partial charge in [0.1, 0.15) is 0 Å². The molecule has 6 nitrogen and oxygen atoms in total. The zero-order valence-electron chi connectivity index (χ0n) is 11.7. The summed E-state index contributed by atoms with van der Waals surface area (Å²) in [4.78, 5) is 23.7. The van der Waals surface area contributed by atoms with Crippen LogP contribution < -0.4 is 10.1 Å². The molecule has 3 aromatic rings. The van der Waals surface area contributed by atoms with E-state index >= 15 is 0 Å². The van der Waals surface area contributed by atoms with Crippen LogP contribution in [0.5, 0.6) is 5.88 Å². The van der Waals surface area contributed by atoms with Crippen molar-refractivity contribution < 1.29 is 9.53 Å². The summed E-state index contributed by atoms with van der Waals surface area (Å²) in [5.74, 6) is 0.374. The normalized spacial score (nSPS) is 10.6. The van der Waals surface area contributed by atoms with Gasteiger partial charge in [-0.25, -0.2) is 4.98 Å². The van der Waals surface area contributed by atoms with E-state index in [1.54, 1.807) is 12.3 Å². The highest BCUT2D eigenvalue weighted by Crippen LogP contribution is 2.19. The second-order valence-electron chi connectivity index (χ2n) is 4.58. The van der Waals surface area contributed by atoms with Crippen molar-refractivity contribution in [2.75, 3.05) is 12.4 Å². The Kier molecular flexibility index (Phi) is 3.27. The summed E-state index contributed by atoms with van der Waals surface area (Å²) in [6, 6.07) is 9.30. The van der Waals surface area contributed by atoms with Crippen molar-refractivity contribution in [1.29, 1.82) is 0 Å². The summed E-state index contributed by atoms with van der Waals surface area (Å²) < 4.78 is 5.07. The largest absolute Gasteiger partial charge is 0.481 e. The maximum absolute atomic E-state index is 12.3. The fraction of sp³-hybridized carbons (Fsp3) is 0.133. The Morgan fingerprint density at radius 1 is 1.29 bits per heavy atom. The molecular weight excluding hydrogens is 268 g/mol. The third-order valence-electron chi connectivity index (χ3n) is 3.10. The number of H-pyrrole nitrogens is 1. The number of carbonyl (C=O) groups is 1. The smallest absolute Gasteiger partial charge is 0.260 e. The fourth-order valence-electron chi connectivity index (χ4n) is 2.13. The Bertz CT molecular complexity index is 810. The molecule has 0 atom stereocenters. The van der Waals surface area contributed by atoms with Crippen LogP contribution in [-0.4, -0.2) is 28.0 Å². The molecule has 1 amide bonds. The van der Waals surface area contributed by atoms with Crippen molar-refractivity contribution in [3.63, 3.8) is 0 Å². The molecule has 106 valence electrons. The number of hydrogen-bond acceptors (Lipinski definition) is 4. The van der Waals surface area contributed by atoms with E-state index in [1.165, 1.54) is 7.11 Å². The van der Waals surface area contributed by atoms with Crippen LogP contribution in [0, 0.1) is 6.92 Å². The van der Waals surface area contributed by atoms with Crippen molar-refractivity contribution in [2.24, 2.45) is 0 Å². The van der Waals surface area contributed by atoms with Gasteiger partial charge in [0, 0.05) is 28.9 Å². The van der Waals surface area contributed by atoms with Crippen molar-refractivity contribution >= 4 is 22.8 Å². The van der Waals surface area contributed by atoms with E-state index in [1.807, 2.05) is 31.2 Å². The molecule has 2 aromatic heterocycles. The van der Waals surface area contributed by atoms with E-state index in [9.17, 15) is 4.79 Å². The first-order valence-corrected chi connectivity index (χ1v) is 6.44. The van der Waals surface area contributed by atoms with E-state index in [4.69, 9.17) is 4.74 Å². The van der Waals surface area contributed by atoms with Crippen LogP contribution in [0.25, 0.3) is 10.9 Å². The van der Waals surface area contributed by atoms with Crippen LogP contribution >= 0.6 is 0 Å². The number of aromatic nitrogens is 3. The molecule has 0 aliphatic carbocycles. The van der Waals surface area contributed by atoms with E-state index in [-0.39, 0.29) is 11.9 Å². The van der Waals surface area contributed by atoms with Gasteiger partial charge in [-0.1, -0.05) is 18.2 Å². The van der Waals surface area contributed by atoms with E-state index in [0.29, 0.717) is 11.4 Å². The second kappa shape index (κ2) is 5.24. The van der Waals surface area contributed by atoms with Gasteiger partial charge in [0.05, 0.1) is 12.7 Å². The zero-order valence-corrected chi connectivity index (χ0v) is 11.7. The minimum absolute atomic E-state index is 0.224. The highest BCUT2D eigenvalue weighted by Gasteiger charge is 2.13.